The fraction of sp³-hybridized carbons (Fsp3) is 0.269. The second-order valence-corrected chi connectivity index (χ2v) is 9.75. The van der Waals surface area contributed by atoms with E-state index in [4.69, 9.17) is 5.10 Å². The smallest absolute Gasteiger partial charge is 0.201 e. The van der Waals surface area contributed by atoms with Crippen LogP contribution in [0.1, 0.15) is 35.7 Å². The molecule has 0 bridgehead atoms. The minimum atomic E-state index is -2.64. The number of allylic oxidation sites excluding steroid dienone is 2. The predicted molar refractivity (Wildman–Crippen MR) is 128 cm³/mol. The van der Waals surface area contributed by atoms with Crippen LogP contribution in [0.25, 0.3) is 11.3 Å². The summed E-state index contributed by atoms with van der Waals surface area (Å²) in [6.07, 6.45) is 3.42. The third kappa shape index (κ3) is 3.49. The number of nitrogens with zero attached hydrogens (tertiary/aromatic N) is 2. The normalized spacial score (nSPS) is 23.7. The molecule has 2 aliphatic rings. The number of hydrogen-bond donors (Lipinski definition) is 3. The van der Waals surface area contributed by atoms with Gasteiger partial charge in [0.05, 0.1) is 22.4 Å². The number of nitrogens with one attached hydrogen (secondary N) is 2. The zero-order valence-electron chi connectivity index (χ0n) is 18.6. The summed E-state index contributed by atoms with van der Waals surface area (Å²) in [7, 11) is -2.64. The summed E-state index contributed by atoms with van der Waals surface area (Å²) in [4.78, 5) is 12.9. The van der Waals surface area contributed by atoms with E-state index in [9.17, 15) is 18.5 Å². The highest BCUT2D eigenvalue weighted by molar-refractivity contribution is 7.70. The third-order valence-electron chi connectivity index (χ3n) is 7.23. The van der Waals surface area contributed by atoms with Crippen molar-refractivity contribution in [1.29, 1.82) is 5.26 Å². The summed E-state index contributed by atoms with van der Waals surface area (Å²) in [6.45, 7) is 2.17. The zero-order valence-corrected chi connectivity index (χ0v) is 19.5. The molecule has 1 aromatic heterocycles. The summed E-state index contributed by atoms with van der Waals surface area (Å²) in [5.74, 6) is -0.375. The Labute approximate surface area is 199 Å². The topological polar surface area (TPSA) is 116 Å². The highest BCUT2D eigenvalue weighted by Crippen LogP contribution is 2.54. The van der Waals surface area contributed by atoms with Crippen LogP contribution in [-0.2, 0) is 34.1 Å². The van der Waals surface area contributed by atoms with Gasteiger partial charge in [-0.1, -0.05) is 61.5 Å². The minimum Gasteiger partial charge on any atom is -0.293 e. The van der Waals surface area contributed by atoms with Crippen molar-refractivity contribution in [2.24, 2.45) is 11.8 Å². The Hall–Kier alpha value is -3.54. The van der Waals surface area contributed by atoms with Crippen LogP contribution < -0.4 is 4.72 Å². The molecule has 0 fully saturated rings. The number of thiol groups is 1. The van der Waals surface area contributed by atoms with Gasteiger partial charge in [0.15, 0.2) is 5.78 Å². The van der Waals surface area contributed by atoms with Gasteiger partial charge >= 0.3 is 0 Å². The molecule has 7 nitrogen and oxygen atoms in total. The Morgan fingerprint density at radius 1 is 1.18 bits per heavy atom. The van der Waals surface area contributed by atoms with Crippen molar-refractivity contribution in [2.45, 2.75) is 31.7 Å². The van der Waals surface area contributed by atoms with E-state index in [0.29, 0.717) is 0 Å². The molecule has 2 aromatic carbocycles. The van der Waals surface area contributed by atoms with Crippen molar-refractivity contribution >= 4 is 16.7 Å². The average molecular weight is 473 g/mol. The number of fused-ring (bicyclic) bond motifs is 3. The number of rotatable bonds is 5. The van der Waals surface area contributed by atoms with Crippen LogP contribution in [0.4, 0.5) is 0 Å². The van der Waals surface area contributed by atoms with Gasteiger partial charge in [-0.15, -0.1) is 0 Å². The third-order valence-corrected chi connectivity index (χ3v) is 7.65. The Kier molecular flexibility index (Phi) is 5.68. The second kappa shape index (κ2) is 8.67. The van der Waals surface area contributed by atoms with E-state index >= 15 is 0 Å². The molecule has 0 radical (unpaired) electrons. The first-order valence-electron chi connectivity index (χ1n) is 11.2. The van der Waals surface area contributed by atoms with E-state index in [1.807, 2.05) is 67.6 Å². The Morgan fingerprint density at radius 2 is 1.91 bits per heavy atom. The molecule has 0 spiro atoms. The fourth-order valence-electron chi connectivity index (χ4n) is 5.62. The number of carbonyl (C=O) groups is 1. The van der Waals surface area contributed by atoms with Gasteiger partial charge < -0.3 is 0 Å². The zero-order chi connectivity index (χ0) is 23.9. The van der Waals surface area contributed by atoms with Gasteiger partial charge in [-0.3, -0.25) is 9.89 Å². The molecule has 0 saturated heterocycles. The number of ketones is 1. The van der Waals surface area contributed by atoms with Gasteiger partial charge in [-0.25, -0.2) is 13.1 Å². The number of carbonyl (C=O) groups excluding carboxylic acids is 1. The number of H-pyrrole nitrogens is 1. The Balaban J connectivity index is 1.65. The van der Waals surface area contributed by atoms with Crippen LogP contribution in [0.2, 0.25) is 0 Å². The molecule has 0 aliphatic heterocycles. The lowest BCUT2D eigenvalue weighted by molar-refractivity contribution is -0.121. The molecule has 1 unspecified atom stereocenters. The number of hydrogen-bond acceptors (Lipinski definition) is 5. The quantitative estimate of drug-likeness (QED) is 0.493. The first-order valence-corrected chi connectivity index (χ1v) is 12.4. The van der Waals surface area contributed by atoms with Crippen LogP contribution >= 0.6 is 0 Å². The lowest BCUT2D eigenvalue weighted by atomic mass is 9.54. The van der Waals surface area contributed by atoms with Gasteiger partial charge in [0.25, 0.3) is 0 Å². The van der Waals surface area contributed by atoms with Crippen molar-refractivity contribution in [3.63, 3.8) is 0 Å². The van der Waals surface area contributed by atoms with Crippen molar-refractivity contribution < 1.29 is 13.2 Å². The highest BCUT2D eigenvalue weighted by atomic mass is 32.2. The molecule has 172 valence electrons. The largest absolute Gasteiger partial charge is 0.293 e. The van der Waals surface area contributed by atoms with Gasteiger partial charge in [-0.05, 0) is 41.5 Å². The maximum absolute atomic E-state index is 12.9. The lowest BCUT2D eigenvalue weighted by Crippen LogP contribution is -2.48. The van der Waals surface area contributed by atoms with E-state index in [1.165, 1.54) is 0 Å². The minimum absolute atomic E-state index is 0.00525. The maximum atomic E-state index is 12.9. The van der Waals surface area contributed by atoms with E-state index < -0.39 is 16.3 Å². The second-order valence-electron chi connectivity index (χ2n) is 8.92. The molecule has 1 heterocycles. The Bertz CT molecular complexity index is 1390. The van der Waals surface area contributed by atoms with E-state index in [-0.39, 0.29) is 29.7 Å². The monoisotopic (exact) mass is 472 g/mol. The highest BCUT2D eigenvalue weighted by Gasteiger charge is 2.53. The lowest BCUT2D eigenvalue weighted by Gasteiger charge is -2.47. The van der Waals surface area contributed by atoms with Gasteiger partial charge in [0.2, 0.25) is 10.9 Å². The number of aromatic amines is 1. The summed E-state index contributed by atoms with van der Waals surface area (Å²) < 4.78 is 24.0. The molecule has 0 amide bonds. The maximum Gasteiger partial charge on any atom is 0.201 e. The van der Waals surface area contributed by atoms with Crippen molar-refractivity contribution in [3.8, 4) is 17.3 Å². The summed E-state index contributed by atoms with van der Waals surface area (Å²) in [6, 6.07) is 19.8. The molecular weight excluding hydrogens is 448 g/mol. The van der Waals surface area contributed by atoms with E-state index in [1.54, 1.807) is 0 Å². The van der Waals surface area contributed by atoms with Crippen LogP contribution in [0.15, 0.2) is 66.2 Å². The molecule has 2 N–H and O–H groups in total. The van der Waals surface area contributed by atoms with Crippen LogP contribution in [0.5, 0.6) is 0 Å². The first kappa shape index (κ1) is 22.3. The molecule has 5 rings (SSSR count). The van der Waals surface area contributed by atoms with E-state index in [0.717, 1.165) is 46.5 Å². The van der Waals surface area contributed by atoms with Crippen molar-refractivity contribution in [3.05, 3.63) is 88.6 Å². The molecular formula is C26H24N4O3S. The predicted octanol–water partition coefficient (Wildman–Crippen LogP) is 3.21. The van der Waals surface area contributed by atoms with Gasteiger partial charge in [-0.2, -0.15) is 10.4 Å². The number of benzene rings is 2. The van der Waals surface area contributed by atoms with Crippen LogP contribution in [-0.4, -0.2) is 24.4 Å². The molecule has 3 aromatic rings. The summed E-state index contributed by atoms with van der Waals surface area (Å²) in [5, 5.41) is 17.8. The van der Waals surface area contributed by atoms with Crippen LogP contribution in [0, 0.1) is 23.2 Å². The standard InChI is InChI=1S/C26H24N4O3S/c1-16-22-12-11-21-23(18-9-7-17(8-10-18)15-28-34(32)33)29-30-25(21)26(22,13-19(14-27)24(16)31)20-5-3-2-4-6-20/h2-10,13,16,22,34H,11-12,15H2,1H3,(H,29,30)(H,28,32,33)/t16-,22?,26+/m0/s1. The molecule has 2 aliphatic carbocycles. The molecule has 34 heavy (non-hydrogen) atoms. The number of nitriles is 1. The molecule has 8 heteroatoms. The van der Waals surface area contributed by atoms with Crippen LogP contribution in [0.3, 0.4) is 0 Å². The molecule has 3 atom stereocenters. The van der Waals surface area contributed by atoms with Gasteiger partial charge in [0, 0.05) is 18.0 Å². The average Bonchev–Trinajstić information content (AvgIpc) is 3.30. The van der Waals surface area contributed by atoms with Crippen molar-refractivity contribution in [1.82, 2.24) is 14.9 Å². The first-order chi connectivity index (χ1) is 16.5. The Morgan fingerprint density at radius 3 is 2.59 bits per heavy atom. The SMILES string of the molecule is C[C@@H]1C(=O)C(C#N)=C[C@]2(c3ccccc3)c3n[nH]c(-c4ccc(CN[SH](=O)=O)cc4)c3CCC12. The van der Waals surface area contributed by atoms with Crippen molar-refractivity contribution in [2.75, 3.05) is 0 Å². The summed E-state index contributed by atoms with van der Waals surface area (Å²) in [5.41, 5.74) is 5.24. The van der Waals surface area contributed by atoms with Gasteiger partial charge in [0.1, 0.15) is 6.07 Å². The number of aromatic nitrogens is 2. The van der Waals surface area contributed by atoms with E-state index in [2.05, 4.69) is 15.9 Å². The summed E-state index contributed by atoms with van der Waals surface area (Å²) >= 11 is 0. The fourth-order valence-corrected chi connectivity index (χ4v) is 5.93. The molecule has 0 saturated carbocycles. The number of Topliss-reactive ketones (excluding diaryl/α,β-unsaturated/α-hetero) is 1.